The molecule has 7 nitrogen and oxygen atoms in total. The quantitative estimate of drug-likeness (QED) is 0.750. The van der Waals surface area contributed by atoms with Crippen LogP contribution in [0.5, 0.6) is 0 Å². The van der Waals surface area contributed by atoms with Crippen LogP contribution in [0.3, 0.4) is 0 Å². The molecule has 1 aliphatic rings. The van der Waals surface area contributed by atoms with Crippen molar-refractivity contribution in [3.8, 4) is 0 Å². The van der Waals surface area contributed by atoms with Gasteiger partial charge in [0.2, 0.25) is 21.8 Å². The summed E-state index contributed by atoms with van der Waals surface area (Å²) >= 11 is 1.34. The van der Waals surface area contributed by atoms with E-state index in [1.54, 1.807) is 0 Å². The lowest BCUT2D eigenvalue weighted by Crippen LogP contribution is -2.32. The molecule has 9 heteroatoms. The second-order valence-electron chi connectivity index (χ2n) is 5.41. The zero-order chi connectivity index (χ0) is 18.0. The molecule has 2 aromatic rings. The molecule has 130 valence electrons. The highest BCUT2D eigenvalue weighted by Crippen LogP contribution is 2.36. The molecule has 1 atom stereocenters. The average Bonchev–Trinajstić information content (AvgIpc) is 2.55. The van der Waals surface area contributed by atoms with Crippen molar-refractivity contribution in [2.45, 2.75) is 21.5 Å². The van der Waals surface area contributed by atoms with Crippen molar-refractivity contribution >= 4 is 45.0 Å². The van der Waals surface area contributed by atoms with E-state index in [4.69, 9.17) is 5.14 Å². The maximum absolute atomic E-state index is 12.2. The van der Waals surface area contributed by atoms with Crippen LogP contribution in [0.2, 0.25) is 0 Å². The SMILES string of the molecule is NS(=O)(=O)c1ccc(NC(=O)C[C@H]2Sc3ccccc3NC2=O)cc1. The molecule has 3 rings (SSSR count). The Morgan fingerprint density at radius 2 is 1.84 bits per heavy atom. The summed E-state index contributed by atoms with van der Waals surface area (Å²) in [5.41, 5.74) is 1.17. The first kappa shape index (κ1) is 17.5. The summed E-state index contributed by atoms with van der Waals surface area (Å²) in [5.74, 6) is -0.557. The summed E-state index contributed by atoms with van der Waals surface area (Å²) in [6, 6.07) is 12.9. The highest BCUT2D eigenvalue weighted by Gasteiger charge is 2.28. The third kappa shape index (κ3) is 4.19. The van der Waals surface area contributed by atoms with Gasteiger partial charge < -0.3 is 10.6 Å². The summed E-state index contributed by atoms with van der Waals surface area (Å²) in [4.78, 5) is 25.2. The molecule has 0 saturated carbocycles. The van der Waals surface area contributed by atoms with Crippen molar-refractivity contribution in [1.29, 1.82) is 0 Å². The van der Waals surface area contributed by atoms with Crippen molar-refractivity contribution in [3.63, 3.8) is 0 Å². The van der Waals surface area contributed by atoms with Gasteiger partial charge in [0.1, 0.15) is 0 Å². The number of thioether (sulfide) groups is 1. The van der Waals surface area contributed by atoms with E-state index in [1.807, 2.05) is 24.3 Å². The van der Waals surface area contributed by atoms with Crippen molar-refractivity contribution in [1.82, 2.24) is 0 Å². The number of rotatable bonds is 4. The molecule has 0 fully saturated rings. The molecule has 0 spiro atoms. The molecule has 0 radical (unpaired) electrons. The minimum absolute atomic E-state index is 0.00176. The van der Waals surface area contributed by atoms with Crippen molar-refractivity contribution < 1.29 is 18.0 Å². The number of nitrogens with one attached hydrogen (secondary N) is 2. The maximum atomic E-state index is 12.2. The number of primary sulfonamides is 1. The summed E-state index contributed by atoms with van der Waals surface area (Å²) in [7, 11) is -3.78. The van der Waals surface area contributed by atoms with Crippen LogP contribution in [0.4, 0.5) is 11.4 Å². The third-order valence-corrected chi connectivity index (χ3v) is 5.75. The number of sulfonamides is 1. The zero-order valence-electron chi connectivity index (χ0n) is 12.9. The zero-order valence-corrected chi connectivity index (χ0v) is 14.6. The fraction of sp³-hybridized carbons (Fsp3) is 0.125. The largest absolute Gasteiger partial charge is 0.326 e. The summed E-state index contributed by atoms with van der Waals surface area (Å²) in [6.45, 7) is 0. The molecule has 1 heterocycles. The van der Waals surface area contributed by atoms with Gasteiger partial charge in [-0.15, -0.1) is 11.8 Å². The second kappa shape index (κ2) is 6.87. The van der Waals surface area contributed by atoms with Gasteiger partial charge in [0.25, 0.3) is 0 Å². The fourth-order valence-electron chi connectivity index (χ4n) is 2.34. The molecule has 0 bridgehead atoms. The molecule has 0 aromatic heterocycles. The van der Waals surface area contributed by atoms with Crippen LogP contribution in [0, 0.1) is 0 Å². The van der Waals surface area contributed by atoms with E-state index >= 15 is 0 Å². The van der Waals surface area contributed by atoms with Crippen molar-refractivity contribution in [3.05, 3.63) is 48.5 Å². The van der Waals surface area contributed by atoms with Crippen molar-refractivity contribution in [2.75, 3.05) is 10.6 Å². The first-order valence-corrected chi connectivity index (χ1v) is 9.75. The summed E-state index contributed by atoms with van der Waals surface area (Å²) in [5, 5.41) is 9.92. The first-order valence-electron chi connectivity index (χ1n) is 7.32. The highest BCUT2D eigenvalue weighted by molar-refractivity contribution is 8.01. The lowest BCUT2D eigenvalue weighted by molar-refractivity contribution is -0.120. The van der Waals surface area contributed by atoms with Crippen LogP contribution in [-0.2, 0) is 19.6 Å². The molecule has 2 amide bonds. The second-order valence-corrected chi connectivity index (χ2v) is 8.22. The normalized spacial score (nSPS) is 16.7. The fourth-order valence-corrected chi connectivity index (χ4v) is 3.96. The number of para-hydroxylation sites is 1. The lowest BCUT2D eigenvalue weighted by atomic mass is 10.2. The lowest BCUT2D eigenvalue weighted by Gasteiger charge is -2.23. The third-order valence-electron chi connectivity index (χ3n) is 3.54. The van der Waals surface area contributed by atoms with E-state index in [1.165, 1.54) is 36.0 Å². The van der Waals surface area contributed by atoms with Crippen LogP contribution < -0.4 is 15.8 Å². The Hall–Kier alpha value is -2.36. The molecule has 0 saturated heterocycles. The van der Waals surface area contributed by atoms with Gasteiger partial charge in [0.05, 0.1) is 15.8 Å². The number of fused-ring (bicyclic) bond motifs is 1. The first-order chi connectivity index (χ1) is 11.8. The van der Waals surface area contributed by atoms with Gasteiger partial charge in [-0.1, -0.05) is 12.1 Å². The topological polar surface area (TPSA) is 118 Å². The maximum Gasteiger partial charge on any atom is 0.238 e. The van der Waals surface area contributed by atoms with Gasteiger partial charge >= 0.3 is 0 Å². The minimum atomic E-state index is -3.78. The van der Waals surface area contributed by atoms with E-state index in [9.17, 15) is 18.0 Å². The molecule has 4 N–H and O–H groups in total. The predicted molar refractivity (Wildman–Crippen MR) is 95.8 cm³/mol. The van der Waals surface area contributed by atoms with E-state index in [2.05, 4.69) is 10.6 Å². The van der Waals surface area contributed by atoms with E-state index in [-0.39, 0.29) is 23.1 Å². The molecule has 25 heavy (non-hydrogen) atoms. The van der Waals surface area contributed by atoms with E-state index in [0.29, 0.717) is 5.69 Å². The number of carbonyl (C=O) groups is 2. The summed E-state index contributed by atoms with van der Waals surface area (Å²) in [6.07, 6.45) is 0.00176. The highest BCUT2D eigenvalue weighted by atomic mass is 32.2. The molecular formula is C16H15N3O4S2. The van der Waals surface area contributed by atoms with Gasteiger partial charge in [0, 0.05) is 17.0 Å². The number of amides is 2. The van der Waals surface area contributed by atoms with Gasteiger partial charge in [-0.3, -0.25) is 9.59 Å². The van der Waals surface area contributed by atoms with Gasteiger partial charge in [0.15, 0.2) is 0 Å². The Labute approximate surface area is 149 Å². The van der Waals surface area contributed by atoms with Crippen LogP contribution in [0.25, 0.3) is 0 Å². The molecule has 0 unspecified atom stereocenters. The molecular weight excluding hydrogens is 362 g/mol. The number of carbonyl (C=O) groups excluding carboxylic acids is 2. The standard InChI is InChI=1S/C16H15N3O4S2/c17-25(22,23)11-7-5-10(6-8-11)18-15(20)9-14-16(21)19-12-3-1-2-4-13(12)24-14/h1-8,14H,9H2,(H,18,20)(H,19,21)(H2,17,22,23)/t14-/m1/s1. The van der Waals surface area contributed by atoms with Crippen LogP contribution in [0.1, 0.15) is 6.42 Å². The molecule has 1 aliphatic heterocycles. The Balaban J connectivity index is 1.64. The Morgan fingerprint density at radius 3 is 2.52 bits per heavy atom. The number of anilines is 2. The van der Waals surface area contributed by atoms with Crippen LogP contribution >= 0.6 is 11.8 Å². The number of hydrogen-bond acceptors (Lipinski definition) is 5. The minimum Gasteiger partial charge on any atom is -0.326 e. The average molecular weight is 377 g/mol. The number of nitrogens with two attached hydrogens (primary N) is 1. The number of benzene rings is 2. The van der Waals surface area contributed by atoms with Crippen LogP contribution in [0.15, 0.2) is 58.3 Å². The van der Waals surface area contributed by atoms with Crippen molar-refractivity contribution in [2.24, 2.45) is 5.14 Å². The van der Waals surface area contributed by atoms with E-state index in [0.717, 1.165) is 10.6 Å². The van der Waals surface area contributed by atoms with Gasteiger partial charge in [-0.05, 0) is 36.4 Å². The monoisotopic (exact) mass is 377 g/mol. The smallest absolute Gasteiger partial charge is 0.238 e. The Morgan fingerprint density at radius 1 is 1.16 bits per heavy atom. The molecule has 0 aliphatic carbocycles. The van der Waals surface area contributed by atoms with Crippen LogP contribution in [-0.4, -0.2) is 25.5 Å². The van der Waals surface area contributed by atoms with E-state index < -0.39 is 15.3 Å². The van der Waals surface area contributed by atoms with Gasteiger partial charge in [-0.25, -0.2) is 13.6 Å². The number of hydrogen-bond donors (Lipinski definition) is 3. The van der Waals surface area contributed by atoms with Gasteiger partial charge in [-0.2, -0.15) is 0 Å². The predicted octanol–water partition coefficient (Wildman–Crippen LogP) is 1.78. The molecule has 2 aromatic carbocycles. The Kier molecular flexibility index (Phi) is 4.80. The summed E-state index contributed by atoms with van der Waals surface area (Å²) < 4.78 is 22.4. The Bertz CT molecular complexity index is 927.